The third-order valence-electron chi connectivity index (χ3n) is 3.94. The van der Waals surface area contributed by atoms with Gasteiger partial charge in [-0.3, -0.25) is 4.99 Å². The predicted molar refractivity (Wildman–Crippen MR) is 105 cm³/mol. The second kappa shape index (κ2) is 8.50. The first-order valence-electron chi connectivity index (χ1n) is 7.34. The fourth-order valence-electron chi connectivity index (χ4n) is 2.28. The van der Waals surface area contributed by atoms with Gasteiger partial charge in [0.2, 0.25) is 0 Å². The molecule has 130 valence electrons. The molecule has 0 spiro atoms. The molecule has 3 nitrogen and oxygen atoms in total. The number of nitrogens with zero attached hydrogens (tertiary/aromatic N) is 1. The number of hydrogen-bond donors (Lipinski definition) is 2. The summed E-state index contributed by atoms with van der Waals surface area (Å²) in [4.78, 5) is 4.18. The van der Waals surface area contributed by atoms with Crippen LogP contribution < -0.4 is 10.6 Å². The van der Waals surface area contributed by atoms with E-state index in [9.17, 15) is 8.78 Å². The van der Waals surface area contributed by atoms with E-state index in [0.717, 1.165) is 6.54 Å². The Hall–Kier alpha value is -0.570. The number of nitrogens with one attached hydrogen (secondary N) is 2. The zero-order valence-electron chi connectivity index (χ0n) is 13.8. The lowest BCUT2D eigenvalue weighted by atomic mass is 10.1. The summed E-state index contributed by atoms with van der Waals surface area (Å²) in [7, 11) is 1.70. The summed E-state index contributed by atoms with van der Waals surface area (Å²) >= 11 is 1.77. The van der Waals surface area contributed by atoms with Crippen LogP contribution in [0.15, 0.2) is 23.2 Å². The Kier molecular flexibility index (Phi) is 7.57. The topological polar surface area (TPSA) is 36.4 Å². The third-order valence-corrected chi connectivity index (χ3v) is 5.19. The standard InChI is InChI=1S/C16H23F2N3S.HI/c1-16(2,22-4)9-20-15(19-3)21-13-8-10(13)14-11(17)6-5-7-12(14)18;/h5-7,10,13H,8-9H2,1-4H3,(H2,19,20,21);1H. The summed E-state index contributed by atoms with van der Waals surface area (Å²) in [6.45, 7) is 5.05. The Bertz CT molecular complexity index is 546. The van der Waals surface area contributed by atoms with Crippen LogP contribution in [0.4, 0.5) is 8.78 Å². The summed E-state index contributed by atoms with van der Waals surface area (Å²) in [6, 6.07) is 4.03. The fourth-order valence-corrected chi connectivity index (χ4v) is 2.49. The van der Waals surface area contributed by atoms with Crippen LogP contribution in [0.25, 0.3) is 0 Å². The zero-order chi connectivity index (χ0) is 16.3. The molecule has 1 aromatic carbocycles. The van der Waals surface area contributed by atoms with Crippen molar-refractivity contribution in [3.8, 4) is 0 Å². The number of aliphatic imine (C=N–C) groups is 1. The van der Waals surface area contributed by atoms with E-state index in [1.54, 1.807) is 18.8 Å². The van der Waals surface area contributed by atoms with Crippen molar-refractivity contribution in [2.24, 2.45) is 4.99 Å². The van der Waals surface area contributed by atoms with Crippen molar-refractivity contribution >= 4 is 41.7 Å². The van der Waals surface area contributed by atoms with E-state index in [0.29, 0.717) is 12.4 Å². The quantitative estimate of drug-likeness (QED) is 0.404. The number of benzene rings is 1. The summed E-state index contributed by atoms with van der Waals surface area (Å²) < 4.78 is 27.6. The zero-order valence-corrected chi connectivity index (χ0v) is 17.0. The average Bonchev–Trinajstić information content (AvgIpc) is 3.22. The lowest BCUT2D eigenvalue weighted by Crippen LogP contribution is -2.44. The van der Waals surface area contributed by atoms with E-state index in [4.69, 9.17) is 0 Å². The van der Waals surface area contributed by atoms with Gasteiger partial charge < -0.3 is 10.6 Å². The molecule has 1 aliphatic carbocycles. The normalized spacial score (nSPS) is 20.7. The van der Waals surface area contributed by atoms with Gasteiger partial charge in [0, 0.05) is 35.9 Å². The smallest absolute Gasteiger partial charge is 0.191 e. The summed E-state index contributed by atoms with van der Waals surface area (Å²) in [5.41, 5.74) is 0.180. The molecule has 0 heterocycles. The van der Waals surface area contributed by atoms with E-state index in [2.05, 4.69) is 35.7 Å². The van der Waals surface area contributed by atoms with Crippen molar-refractivity contribution in [3.63, 3.8) is 0 Å². The van der Waals surface area contributed by atoms with Gasteiger partial charge in [0.05, 0.1) is 0 Å². The molecule has 2 N–H and O–H groups in total. The van der Waals surface area contributed by atoms with E-state index in [-0.39, 0.29) is 46.2 Å². The molecule has 2 rings (SSSR count). The van der Waals surface area contributed by atoms with Crippen LogP contribution >= 0.6 is 35.7 Å². The molecule has 1 fully saturated rings. The van der Waals surface area contributed by atoms with Crippen LogP contribution in [0.5, 0.6) is 0 Å². The average molecular weight is 455 g/mol. The maximum absolute atomic E-state index is 13.8. The highest BCUT2D eigenvalue weighted by molar-refractivity contribution is 14.0. The molecule has 23 heavy (non-hydrogen) atoms. The van der Waals surface area contributed by atoms with Crippen molar-refractivity contribution in [2.45, 2.75) is 37.0 Å². The number of hydrogen-bond acceptors (Lipinski definition) is 2. The van der Waals surface area contributed by atoms with E-state index in [1.807, 2.05) is 0 Å². The molecule has 1 aromatic rings. The van der Waals surface area contributed by atoms with Crippen molar-refractivity contribution in [1.29, 1.82) is 0 Å². The molecule has 0 aromatic heterocycles. The van der Waals surface area contributed by atoms with Crippen molar-refractivity contribution < 1.29 is 8.78 Å². The highest BCUT2D eigenvalue weighted by atomic mass is 127. The van der Waals surface area contributed by atoms with Gasteiger partial charge in [-0.1, -0.05) is 6.07 Å². The predicted octanol–water partition coefficient (Wildman–Crippen LogP) is 3.75. The second-order valence-corrected chi connectivity index (χ2v) is 7.63. The molecule has 7 heteroatoms. The fraction of sp³-hybridized carbons (Fsp3) is 0.562. The SMILES string of the molecule is CN=C(NCC(C)(C)SC)NC1CC1c1c(F)cccc1F.I. The molecule has 0 aliphatic heterocycles. The number of halogens is 3. The van der Waals surface area contributed by atoms with Crippen molar-refractivity contribution in [2.75, 3.05) is 19.8 Å². The molecule has 1 aliphatic rings. The van der Waals surface area contributed by atoms with E-state index >= 15 is 0 Å². The van der Waals surface area contributed by atoms with Crippen LogP contribution in [0.1, 0.15) is 31.7 Å². The first-order chi connectivity index (χ1) is 10.4. The largest absolute Gasteiger partial charge is 0.355 e. The van der Waals surface area contributed by atoms with Gasteiger partial charge in [0.1, 0.15) is 11.6 Å². The van der Waals surface area contributed by atoms with Gasteiger partial charge in [-0.15, -0.1) is 24.0 Å². The number of rotatable bonds is 5. The van der Waals surface area contributed by atoms with Gasteiger partial charge >= 0.3 is 0 Å². The molecule has 2 atom stereocenters. The first-order valence-corrected chi connectivity index (χ1v) is 8.56. The highest BCUT2D eigenvalue weighted by Crippen LogP contribution is 2.43. The lowest BCUT2D eigenvalue weighted by molar-refractivity contribution is 0.553. The summed E-state index contributed by atoms with van der Waals surface area (Å²) in [5, 5.41) is 6.50. The number of thioether (sulfide) groups is 1. The van der Waals surface area contributed by atoms with Gasteiger partial charge in [0.15, 0.2) is 5.96 Å². The Morgan fingerprint density at radius 1 is 1.35 bits per heavy atom. The molecule has 2 unspecified atom stereocenters. The van der Waals surface area contributed by atoms with Crippen LogP contribution in [0.2, 0.25) is 0 Å². The Balaban J connectivity index is 0.00000264. The maximum atomic E-state index is 13.8. The van der Waals surface area contributed by atoms with Crippen LogP contribution in [-0.2, 0) is 0 Å². The van der Waals surface area contributed by atoms with Crippen molar-refractivity contribution in [1.82, 2.24) is 10.6 Å². The Labute approximate surface area is 158 Å². The van der Waals surface area contributed by atoms with Gasteiger partial charge in [-0.05, 0) is 38.7 Å². The molecular formula is C16H24F2IN3S. The van der Waals surface area contributed by atoms with Gasteiger partial charge in [-0.25, -0.2) is 8.78 Å². The minimum Gasteiger partial charge on any atom is -0.355 e. The minimum atomic E-state index is -0.472. The van der Waals surface area contributed by atoms with Gasteiger partial charge in [-0.2, -0.15) is 11.8 Å². The Morgan fingerprint density at radius 3 is 2.48 bits per heavy atom. The highest BCUT2D eigenvalue weighted by Gasteiger charge is 2.42. The first kappa shape index (κ1) is 20.5. The molecule has 0 bridgehead atoms. The van der Waals surface area contributed by atoms with Crippen molar-refractivity contribution in [3.05, 3.63) is 35.4 Å². The molecule has 0 amide bonds. The van der Waals surface area contributed by atoms with Crippen LogP contribution in [-0.4, -0.2) is 36.6 Å². The van der Waals surface area contributed by atoms with E-state index < -0.39 is 11.6 Å². The third kappa shape index (κ3) is 5.48. The lowest BCUT2D eigenvalue weighted by Gasteiger charge is -2.23. The summed E-state index contributed by atoms with van der Waals surface area (Å²) in [5.74, 6) is -0.402. The number of guanidine groups is 1. The summed E-state index contributed by atoms with van der Waals surface area (Å²) in [6.07, 6.45) is 2.78. The second-order valence-electron chi connectivity index (χ2n) is 6.12. The van der Waals surface area contributed by atoms with E-state index in [1.165, 1.54) is 18.2 Å². The van der Waals surface area contributed by atoms with Crippen LogP contribution in [0, 0.1) is 11.6 Å². The maximum Gasteiger partial charge on any atom is 0.191 e. The minimum absolute atomic E-state index is 0. The Morgan fingerprint density at radius 2 is 1.96 bits per heavy atom. The molecule has 0 radical (unpaired) electrons. The monoisotopic (exact) mass is 455 g/mol. The molecule has 0 saturated heterocycles. The van der Waals surface area contributed by atoms with Gasteiger partial charge in [0.25, 0.3) is 0 Å². The molecule has 1 saturated carbocycles. The van der Waals surface area contributed by atoms with Crippen LogP contribution in [0.3, 0.4) is 0 Å². The molecular weight excluding hydrogens is 431 g/mol.